The first-order chi connectivity index (χ1) is 13.6. The summed E-state index contributed by atoms with van der Waals surface area (Å²) >= 11 is 0. The van der Waals surface area contributed by atoms with Crippen molar-refractivity contribution in [3.63, 3.8) is 0 Å². The van der Waals surface area contributed by atoms with E-state index >= 15 is 0 Å². The Morgan fingerprint density at radius 2 is 1.76 bits per heavy atom. The monoisotopic (exact) mass is 421 g/mol. The number of primary sulfonamides is 1. The van der Waals surface area contributed by atoms with Gasteiger partial charge >= 0.3 is 6.36 Å². The minimum atomic E-state index is -4.79. The topological polar surface area (TPSA) is 87.2 Å². The van der Waals surface area contributed by atoms with Crippen molar-refractivity contribution >= 4 is 32.0 Å². The highest BCUT2D eigenvalue weighted by Crippen LogP contribution is 2.33. The zero-order chi connectivity index (χ0) is 20.8. The predicted molar refractivity (Wildman–Crippen MR) is 101 cm³/mol. The molecule has 0 bridgehead atoms. The zero-order valence-corrected chi connectivity index (χ0v) is 15.5. The number of alkyl halides is 3. The summed E-state index contributed by atoms with van der Waals surface area (Å²) in [7, 11) is -3.79. The fraction of sp³-hybridized carbons (Fsp3) is 0.105. The van der Waals surface area contributed by atoms with Crippen LogP contribution in [-0.2, 0) is 16.6 Å². The van der Waals surface area contributed by atoms with Crippen LogP contribution < -0.4 is 9.88 Å². The zero-order valence-electron chi connectivity index (χ0n) is 14.7. The van der Waals surface area contributed by atoms with E-state index in [1.165, 1.54) is 30.3 Å². The van der Waals surface area contributed by atoms with Gasteiger partial charge in [-0.1, -0.05) is 12.1 Å². The number of hydrogen-bond acceptors (Lipinski definition) is 4. The lowest BCUT2D eigenvalue weighted by molar-refractivity contribution is -0.274. The molecule has 4 rings (SSSR count). The van der Waals surface area contributed by atoms with Crippen molar-refractivity contribution in [1.29, 1.82) is 0 Å². The number of fused-ring (bicyclic) bond motifs is 3. The maximum atomic E-state index is 12.6. The third kappa shape index (κ3) is 3.89. The lowest BCUT2D eigenvalue weighted by atomic mass is 10.2. The fourth-order valence-electron chi connectivity index (χ4n) is 3.23. The van der Waals surface area contributed by atoms with Gasteiger partial charge in [0.05, 0.1) is 21.4 Å². The van der Waals surface area contributed by atoms with Gasteiger partial charge in [0.15, 0.2) is 0 Å². The molecule has 2 heterocycles. The van der Waals surface area contributed by atoms with Gasteiger partial charge in [0, 0.05) is 18.1 Å². The van der Waals surface area contributed by atoms with Gasteiger partial charge in [0.2, 0.25) is 10.0 Å². The first-order valence-electron chi connectivity index (χ1n) is 8.36. The number of aromatic nitrogens is 2. The van der Waals surface area contributed by atoms with Gasteiger partial charge in [0.1, 0.15) is 5.75 Å². The molecule has 6 nitrogen and oxygen atoms in total. The van der Waals surface area contributed by atoms with E-state index < -0.39 is 16.4 Å². The quantitative estimate of drug-likeness (QED) is 0.543. The Labute approximate surface area is 163 Å². The highest BCUT2D eigenvalue weighted by atomic mass is 32.2. The minimum Gasteiger partial charge on any atom is -0.406 e. The molecule has 0 aliphatic heterocycles. The van der Waals surface area contributed by atoms with E-state index in [-0.39, 0.29) is 10.6 Å². The summed E-state index contributed by atoms with van der Waals surface area (Å²) in [6.45, 7) is 0.357. The van der Waals surface area contributed by atoms with Crippen molar-refractivity contribution < 1.29 is 26.3 Å². The second-order valence-electron chi connectivity index (χ2n) is 6.37. The van der Waals surface area contributed by atoms with Gasteiger partial charge in [-0.25, -0.2) is 13.6 Å². The normalized spacial score (nSPS) is 12.6. The Morgan fingerprint density at radius 3 is 2.41 bits per heavy atom. The molecule has 0 amide bonds. The van der Waals surface area contributed by atoms with Gasteiger partial charge in [-0.05, 0) is 48.0 Å². The second kappa shape index (κ2) is 6.75. The van der Waals surface area contributed by atoms with Crippen LogP contribution in [0.25, 0.3) is 21.9 Å². The number of nitrogens with zero attached hydrogens (tertiary/aromatic N) is 2. The molecule has 10 heteroatoms. The molecule has 0 atom stereocenters. The van der Waals surface area contributed by atoms with Crippen molar-refractivity contribution in [3.8, 4) is 5.75 Å². The Morgan fingerprint density at radius 1 is 1.03 bits per heavy atom. The number of rotatable bonds is 4. The summed E-state index contributed by atoms with van der Waals surface area (Å²) in [4.78, 5) is 4.30. The maximum absolute atomic E-state index is 12.6. The van der Waals surface area contributed by atoms with Crippen molar-refractivity contribution in [3.05, 3.63) is 66.4 Å². The maximum Gasteiger partial charge on any atom is 0.573 e. The van der Waals surface area contributed by atoms with Crippen molar-refractivity contribution in [1.82, 2.24) is 9.55 Å². The number of benzene rings is 2. The van der Waals surface area contributed by atoms with Crippen molar-refractivity contribution in [2.75, 3.05) is 0 Å². The van der Waals surface area contributed by atoms with E-state index in [9.17, 15) is 21.6 Å². The Balaban J connectivity index is 1.81. The molecular formula is C19H14F3N3O3S. The Kier molecular flexibility index (Phi) is 4.47. The second-order valence-corrected chi connectivity index (χ2v) is 7.93. The number of sulfonamides is 1. The SMILES string of the molecule is NS(=O)(=O)c1ccc(Cn2c3ccc(OC(F)(F)F)cc3c3ncccc32)cc1. The smallest absolute Gasteiger partial charge is 0.406 e. The van der Waals surface area contributed by atoms with Crippen LogP contribution in [0.2, 0.25) is 0 Å². The highest BCUT2D eigenvalue weighted by molar-refractivity contribution is 7.89. The average Bonchev–Trinajstić information content (AvgIpc) is 2.94. The molecule has 4 aromatic rings. The predicted octanol–water partition coefficient (Wildman–Crippen LogP) is 3.78. The Bertz CT molecular complexity index is 1310. The first-order valence-corrected chi connectivity index (χ1v) is 9.91. The van der Waals surface area contributed by atoms with Crippen molar-refractivity contribution in [2.24, 2.45) is 5.14 Å². The summed E-state index contributed by atoms with van der Waals surface area (Å²) in [5, 5.41) is 5.63. The summed E-state index contributed by atoms with van der Waals surface area (Å²) in [6.07, 6.45) is -3.23. The molecule has 0 aliphatic rings. The standard InChI is InChI=1S/C19H14F3N3O3S/c20-19(21,22)28-13-5-8-16-15(10-13)18-17(2-1-9-24-18)25(16)11-12-3-6-14(7-4-12)29(23,26)27/h1-10H,11H2,(H2,23,26,27). The van der Waals surface area contributed by atoms with E-state index in [4.69, 9.17) is 5.14 Å². The number of halogens is 3. The molecular weight excluding hydrogens is 407 g/mol. The van der Waals surface area contributed by atoms with E-state index in [0.29, 0.717) is 23.0 Å². The van der Waals surface area contributed by atoms with Crippen LogP contribution in [-0.4, -0.2) is 24.3 Å². The number of ether oxygens (including phenoxy) is 1. The van der Waals surface area contributed by atoms with Crippen LogP contribution in [0.3, 0.4) is 0 Å². The van der Waals surface area contributed by atoms with Crippen LogP contribution in [0.1, 0.15) is 5.56 Å². The van der Waals surface area contributed by atoms with E-state index in [0.717, 1.165) is 11.1 Å². The van der Waals surface area contributed by atoms with E-state index in [1.54, 1.807) is 24.4 Å². The summed E-state index contributed by atoms with van der Waals surface area (Å²) < 4.78 is 66.5. The third-order valence-electron chi connectivity index (χ3n) is 4.42. The van der Waals surface area contributed by atoms with E-state index in [2.05, 4.69) is 9.72 Å². The molecule has 2 aromatic carbocycles. The molecule has 0 unspecified atom stereocenters. The fourth-order valence-corrected chi connectivity index (χ4v) is 3.74. The van der Waals surface area contributed by atoms with Crippen LogP contribution >= 0.6 is 0 Å². The molecule has 0 radical (unpaired) electrons. The molecule has 0 fully saturated rings. The van der Waals surface area contributed by atoms with Gasteiger partial charge in [-0.2, -0.15) is 0 Å². The number of nitrogens with two attached hydrogens (primary N) is 1. The van der Waals surface area contributed by atoms with Gasteiger partial charge in [-0.3, -0.25) is 4.98 Å². The van der Waals surface area contributed by atoms with Gasteiger partial charge in [-0.15, -0.1) is 13.2 Å². The number of hydrogen-bond donors (Lipinski definition) is 1. The first kappa shape index (κ1) is 19.2. The number of pyridine rings is 1. The van der Waals surface area contributed by atoms with E-state index in [1.807, 2.05) is 10.6 Å². The largest absolute Gasteiger partial charge is 0.573 e. The van der Waals surface area contributed by atoms with Gasteiger partial charge in [0.25, 0.3) is 0 Å². The molecule has 0 aliphatic carbocycles. The molecule has 150 valence electrons. The molecule has 29 heavy (non-hydrogen) atoms. The molecule has 0 saturated heterocycles. The van der Waals surface area contributed by atoms with Gasteiger partial charge < -0.3 is 9.30 Å². The molecule has 0 saturated carbocycles. The average molecular weight is 421 g/mol. The van der Waals surface area contributed by atoms with Crippen LogP contribution in [0.5, 0.6) is 5.75 Å². The lowest BCUT2D eigenvalue weighted by Gasteiger charge is -2.10. The lowest BCUT2D eigenvalue weighted by Crippen LogP contribution is -2.17. The van der Waals surface area contributed by atoms with Crippen molar-refractivity contribution in [2.45, 2.75) is 17.8 Å². The highest BCUT2D eigenvalue weighted by Gasteiger charge is 2.31. The van der Waals surface area contributed by atoms with Crippen LogP contribution in [0.15, 0.2) is 65.7 Å². The Hall–Kier alpha value is -3.11. The minimum absolute atomic E-state index is 0.000852. The molecule has 0 spiro atoms. The summed E-state index contributed by atoms with van der Waals surface area (Å²) in [5.41, 5.74) is 2.72. The van der Waals surface area contributed by atoms with Crippen LogP contribution in [0.4, 0.5) is 13.2 Å². The molecule has 2 aromatic heterocycles. The summed E-state index contributed by atoms with van der Waals surface area (Å²) in [6, 6.07) is 13.7. The third-order valence-corrected chi connectivity index (χ3v) is 5.35. The molecule has 2 N–H and O–H groups in total. The van der Waals surface area contributed by atoms with Crippen LogP contribution in [0, 0.1) is 0 Å². The summed E-state index contributed by atoms with van der Waals surface area (Å²) in [5.74, 6) is -0.327.